The quantitative estimate of drug-likeness (QED) is 0.925. The smallest absolute Gasteiger partial charge is 0.0730 e. The molecule has 0 spiro atoms. The molecule has 2 unspecified atom stereocenters. The fourth-order valence-corrected chi connectivity index (χ4v) is 2.95. The van der Waals surface area contributed by atoms with Crippen LogP contribution in [-0.4, -0.2) is 34.7 Å². The van der Waals surface area contributed by atoms with Crippen LogP contribution in [-0.2, 0) is 6.54 Å². The Bertz CT molecular complexity index is 414. The van der Waals surface area contributed by atoms with Crippen molar-refractivity contribution < 1.29 is 5.11 Å². The predicted octanol–water partition coefficient (Wildman–Crippen LogP) is 2.98. The molecule has 100 valence electrons. The van der Waals surface area contributed by atoms with Crippen LogP contribution < -0.4 is 0 Å². The highest BCUT2D eigenvalue weighted by molar-refractivity contribution is 6.34. The van der Waals surface area contributed by atoms with Crippen LogP contribution in [0.25, 0.3) is 0 Å². The third-order valence-electron chi connectivity index (χ3n) is 3.47. The summed E-state index contributed by atoms with van der Waals surface area (Å²) in [5, 5.41) is 11.0. The van der Waals surface area contributed by atoms with Gasteiger partial charge < -0.3 is 10.0 Å². The van der Waals surface area contributed by atoms with Crippen LogP contribution in [0.15, 0.2) is 12.3 Å². The van der Waals surface area contributed by atoms with Gasteiger partial charge in [0.05, 0.1) is 21.8 Å². The van der Waals surface area contributed by atoms with E-state index in [9.17, 15) is 5.11 Å². The van der Waals surface area contributed by atoms with Gasteiger partial charge in [0.15, 0.2) is 0 Å². The maximum Gasteiger partial charge on any atom is 0.0730 e. The Kier molecular flexibility index (Phi) is 4.84. The number of hydrogen-bond acceptors (Lipinski definition) is 3. The van der Waals surface area contributed by atoms with E-state index in [4.69, 9.17) is 23.2 Å². The third-order valence-corrected chi connectivity index (χ3v) is 4.00. The Morgan fingerprint density at radius 3 is 2.83 bits per heavy atom. The molecule has 1 aromatic heterocycles. The minimum absolute atomic E-state index is 0.152. The first-order chi connectivity index (χ1) is 8.56. The summed E-state index contributed by atoms with van der Waals surface area (Å²) in [6, 6.07) is 1.71. The van der Waals surface area contributed by atoms with Crippen molar-refractivity contribution in [2.24, 2.45) is 5.92 Å². The van der Waals surface area contributed by atoms with Crippen molar-refractivity contribution in [1.82, 2.24) is 9.88 Å². The van der Waals surface area contributed by atoms with Crippen molar-refractivity contribution in [3.8, 4) is 0 Å². The summed E-state index contributed by atoms with van der Waals surface area (Å²) < 4.78 is 0. The van der Waals surface area contributed by atoms with Crippen molar-refractivity contribution in [2.45, 2.75) is 31.9 Å². The van der Waals surface area contributed by atoms with Crippen LogP contribution in [0.2, 0.25) is 10.0 Å². The van der Waals surface area contributed by atoms with Gasteiger partial charge in [0.25, 0.3) is 0 Å². The van der Waals surface area contributed by atoms with Crippen molar-refractivity contribution >= 4 is 23.2 Å². The monoisotopic (exact) mass is 288 g/mol. The Morgan fingerprint density at radius 2 is 2.22 bits per heavy atom. The second-order valence-electron chi connectivity index (χ2n) is 5.04. The molecule has 3 nitrogen and oxygen atoms in total. The first-order valence-electron chi connectivity index (χ1n) is 6.23. The third kappa shape index (κ3) is 3.58. The molecular formula is C13H18Cl2N2O. The Balaban J connectivity index is 1.92. The van der Waals surface area contributed by atoms with Crippen molar-refractivity contribution in [3.05, 3.63) is 28.0 Å². The fraction of sp³-hybridized carbons (Fsp3) is 0.615. The SMILES string of the molecule is CN(Cc1ncc(Cl)cc1Cl)CC1CCCC1O. The van der Waals surface area contributed by atoms with Gasteiger partial charge in [-0.3, -0.25) is 4.98 Å². The highest BCUT2D eigenvalue weighted by Gasteiger charge is 2.26. The molecule has 0 amide bonds. The number of pyridine rings is 1. The van der Waals surface area contributed by atoms with E-state index in [1.54, 1.807) is 12.3 Å². The summed E-state index contributed by atoms with van der Waals surface area (Å²) in [5.41, 5.74) is 0.830. The maximum absolute atomic E-state index is 9.81. The van der Waals surface area contributed by atoms with Gasteiger partial charge in [0.2, 0.25) is 0 Å². The molecule has 0 bridgehead atoms. The second-order valence-corrected chi connectivity index (χ2v) is 5.88. The highest BCUT2D eigenvalue weighted by Crippen LogP contribution is 2.27. The molecule has 1 N–H and O–H groups in total. The number of rotatable bonds is 4. The molecule has 5 heteroatoms. The second kappa shape index (κ2) is 6.20. The number of aliphatic hydroxyl groups excluding tert-OH is 1. The zero-order valence-corrected chi connectivity index (χ0v) is 12.0. The predicted molar refractivity (Wildman–Crippen MR) is 73.9 cm³/mol. The van der Waals surface area contributed by atoms with Crippen LogP contribution in [0.1, 0.15) is 25.0 Å². The molecule has 0 aliphatic heterocycles. The van der Waals surface area contributed by atoms with Crippen LogP contribution in [0.5, 0.6) is 0 Å². The summed E-state index contributed by atoms with van der Waals surface area (Å²) in [4.78, 5) is 6.40. The fourth-order valence-electron chi connectivity index (χ4n) is 2.51. The molecule has 1 aromatic rings. The van der Waals surface area contributed by atoms with Crippen molar-refractivity contribution in [1.29, 1.82) is 0 Å². The van der Waals surface area contributed by atoms with E-state index >= 15 is 0 Å². The lowest BCUT2D eigenvalue weighted by atomic mass is 10.1. The lowest BCUT2D eigenvalue weighted by Gasteiger charge is -2.23. The average Bonchev–Trinajstić information content (AvgIpc) is 2.69. The molecule has 1 aliphatic rings. The minimum atomic E-state index is -0.152. The van der Waals surface area contributed by atoms with E-state index in [-0.39, 0.29) is 6.10 Å². The number of hydrogen-bond donors (Lipinski definition) is 1. The summed E-state index contributed by atoms with van der Waals surface area (Å²) >= 11 is 11.9. The van der Waals surface area contributed by atoms with Crippen LogP contribution in [0.3, 0.4) is 0 Å². The number of halogens is 2. The van der Waals surface area contributed by atoms with Gasteiger partial charge in [-0.05, 0) is 31.9 Å². The first-order valence-corrected chi connectivity index (χ1v) is 6.98. The van der Waals surface area contributed by atoms with E-state index in [1.165, 1.54) is 0 Å². The summed E-state index contributed by atoms with van der Waals surface area (Å²) in [7, 11) is 2.03. The molecule has 2 atom stereocenters. The maximum atomic E-state index is 9.81. The number of aromatic nitrogens is 1. The van der Waals surface area contributed by atoms with Crippen LogP contribution in [0.4, 0.5) is 0 Å². The molecule has 1 heterocycles. The lowest BCUT2D eigenvalue weighted by molar-refractivity contribution is 0.107. The minimum Gasteiger partial charge on any atom is -0.393 e. The molecule has 1 fully saturated rings. The number of aliphatic hydroxyl groups is 1. The molecule has 1 saturated carbocycles. The summed E-state index contributed by atoms with van der Waals surface area (Å²) in [6.07, 6.45) is 4.62. The van der Waals surface area contributed by atoms with Crippen LogP contribution in [0, 0.1) is 5.92 Å². The Morgan fingerprint density at radius 1 is 1.44 bits per heavy atom. The van der Waals surface area contributed by atoms with Crippen molar-refractivity contribution in [2.75, 3.05) is 13.6 Å². The van der Waals surface area contributed by atoms with Gasteiger partial charge in [0.1, 0.15) is 0 Å². The van der Waals surface area contributed by atoms with Crippen molar-refractivity contribution in [3.63, 3.8) is 0 Å². The normalized spacial score (nSPS) is 23.8. The van der Waals surface area contributed by atoms with E-state index in [1.807, 2.05) is 7.05 Å². The van der Waals surface area contributed by atoms with Crippen LogP contribution >= 0.6 is 23.2 Å². The van der Waals surface area contributed by atoms with E-state index in [0.29, 0.717) is 22.5 Å². The van der Waals surface area contributed by atoms with Gasteiger partial charge >= 0.3 is 0 Å². The van der Waals surface area contributed by atoms with Gasteiger partial charge in [-0.2, -0.15) is 0 Å². The van der Waals surface area contributed by atoms with Gasteiger partial charge in [0, 0.05) is 19.3 Å². The molecular weight excluding hydrogens is 271 g/mol. The lowest BCUT2D eigenvalue weighted by Crippen LogP contribution is -2.29. The average molecular weight is 289 g/mol. The topological polar surface area (TPSA) is 36.4 Å². The molecule has 0 radical (unpaired) electrons. The molecule has 1 aliphatic carbocycles. The zero-order chi connectivity index (χ0) is 13.1. The van der Waals surface area contributed by atoms with Gasteiger partial charge in [-0.15, -0.1) is 0 Å². The Hall–Kier alpha value is -0.350. The molecule has 2 rings (SSSR count). The largest absolute Gasteiger partial charge is 0.393 e. The highest BCUT2D eigenvalue weighted by atomic mass is 35.5. The summed E-state index contributed by atoms with van der Waals surface area (Å²) in [5.74, 6) is 0.376. The summed E-state index contributed by atoms with van der Waals surface area (Å²) in [6.45, 7) is 1.56. The Labute approximate surface area is 118 Å². The molecule has 0 aromatic carbocycles. The van der Waals surface area contributed by atoms with Gasteiger partial charge in [-0.1, -0.05) is 29.6 Å². The standard InChI is InChI=1S/C13H18Cl2N2O/c1-17(7-9-3-2-4-13(9)18)8-12-11(15)5-10(14)6-16-12/h5-6,9,13,18H,2-4,7-8H2,1H3. The molecule has 18 heavy (non-hydrogen) atoms. The number of nitrogens with zero attached hydrogens (tertiary/aromatic N) is 2. The van der Waals surface area contributed by atoms with E-state index in [2.05, 4.69) is 9.88 Å². The molecule has 0 saturated heterocycles. The van der Waals surface area contributed by atoms with Gasteiger partial charge in [-0.25, -0.2) is 0 Å². The van der Waals surface area contributed by atoms with E-state index < -0.39 is 0 Å². The zero-order valence-electron chi connectivity index (χ0n) is 10.4. The first kappa shape index (κ1) is 14.1. The van der Waals surface area contributed by atoms with E-state index in [0.717, 1.165) is 31.5 Å².